The molecule has 6 rings (SSSR count). The average Bonchev–Trinajstić information content (AvgIpc) is 3.52. The van der Waals surface area contributed by atoms with Crippen molar-refractivity contribution in [3.8, 4) is 28.3 Å². The van der Waals surface area contributed by atoms with Gasteiger partial charge in [0.1, 0.15) is 5.76 Å². The van der Waals surface area contributed by atoms with Crippen molar-refractivity contribution in [2.75, 3.05) is 5.73 Å². The van der Waals surface area contributed by atoms with Gasteiger partial charge in [0.15, 0.2) is 11.4 Å². The third kappa shape index (κ3) is 3.12. The number of aromatic hydroxyl groups is 1. The number of aliphatic hydroxyl groups is 1. The third-order valence-electron chi connectivity index (χ3n) is 6.25. The first-order chi connectivity index (χ1) is 15.6. The first-order valence-corrected chi connectivity index (χ1v) is 11.4. The van der Waals surface area contributed by atoms with E-state index in [1.807, 2.05) is 28.5 Å². The summed E-state index contributed by atoms with van der Waals surface area (Å²) in [6.07, 6.45) is 10.5. The van der Waals surface area contributed by atoms with E-state index in [4.69, 9.17) is 10.2 Å². The summed E-state index contributed by atoms with van der Waals surface area (Å²) >= 11 is 1.54. The molecular weight excluding hydrogens is 426 g/mol. The second kappa shape index (κ2) is 7.32. The molecule has 4 N–H and O–H groups in total. The molecule has 1 aliphatic carbocycles. The second-order valence-electron chi connectivity index (χ2n) is 8.27. The summed E-state index contributed by atoms with van der Waals surface area (Å²) in [6, 6.07) is 3.90. The normalized spacial score (nSPS) is 19.2. The van der Waals surface area contributed by atoms with Crippen LogP contribution in [0.4, 0.5) is 5.82 Å². The van der Waals surface area contributed by atoms with Crippen molar-refractivity contribution >= 4 is 38.2 Å². The number of aliphatic hydroxyl groups excluding tert-OH is 1. The average molecular weight is 448 g/mol. The molecule has 5 heterocycles. The van der Waals surface area contributed by atoms with Crippen LogP contribution in [0, 0.1) is 0 Å². The molecule has 5 aromatic heterocycles. The summed E-state index contributed by atoms with van der Waals surface area (Å²) in [5.74, 6) is 0.956. The Morgan fingerprint density at radius 3 is 2.72 bits per heavy atom. The molecule has 1 aliphatic rings. The highest BCUT2D eigenvalue weighted by Crippen LogP contribution is 2.41. The van der Waals surface area contributed by atoms with Crippen LogP contribution in [-0.2, 0) is 0 Å². The Morgan fingerprint density at radius 2 is 1.88 bits per heavy atom. The van der Waals surface area contributed by atoms with Gasteiger partial charge in [0, 0.05) is 57.5 Å². The van der Waals surface area contributed by atoms with E-state index in [2.05, 4.69) is 15.1 Å². The van der Waals surface area contributed by atoms with Crippen molar-refractivity contribution in [2.24, 2.45) is 0 Å². The van der Waals surface area contributed by atoms with Crippen molar-refractivity contribution in [3.05, 3.63) is 42.3 Å². The number of hydrogen-bond donors (Lipinski definition) is 3. The number of anilines is 1. The van der Waals surface area contributed by atoms with E-state index >= 15 is 0 Å². The molecule has 0 bridgehead atoms. The minimum absolute atomic E-state index is 0.0298. The van der Waals surface area contributed by atoms with E-state index in [-0.39, 0.29) is 12.0 Å². The van der Waals surface area contributed by atoms with E-state index in [9.17, 15) is 10.2 Å². The summed E-state index contributed by atoms with van der Waals surface area (Å²) < 4.78 is 9.10. The van der Waals surface area contributed by atoms with Gasteiger partial charge in [0.2, 0.25) is 5.88 Å². The van der Waals surface area contributed by atoms with Crippen molar-refractivity contribution < 1.29 is 14.6 Å². The molecule has 1 saturated carbocycles. The van der Waals surface area contributed by atoms with Gasteiger partial charge < -0.3 is 20.4 Å². The predicted molar refractivity (Wildman–Crippen MR) is 123 cm³/mol. The zero-order valence-corrected chi connectivity index (χ0v) is 17.9. The standard InChI is InChI=1S/C23H21N5O3S/c24-23-22-16(5-19(31-22)18-11-32-20-9-25-21(30)6-15(18)20)17(8-26-23)12-7-27-28(10-12)13-1-3-14(29)4-2-13/h5-11,13-14,29H,1-4H2,(H2,24,26)(H,25,30)/t13-,14-. The van der Waals surface area contributed by atoms with Crippen molar-refractivity contribution in [1.29, 1.82) is 0 Å². The van der Waals surface area contributed by atoms with Gasteiger partial charge in [-0.1, -0.05) is 0 Å². The van der Waals surface area contributed by atoms with Crippen LogP contribution in [0.15, 0.2) is 46.7 Å². The maximum atomic E-state index is 9.83. The van der Waals surface area contributed by atoms with Crippen LogP contribution in [0.3, 0.4) is 0 Å². The zero-order valence-electron chi connectivity index (χ0n) is 17.1. The topological polar surface area (TPSA) is 123 Å². The third-order valence-corrected chi connectivity index (χ3v) is 7.19. The minimum atomic E-state index is -0.197. The van der Waals surface area contributed by atoms with E-state index in [0.717, 1.165) is 57.8 Å². The fourth-order valence-electron chi connectivity index (χ4n) is 4.52. The molecule has 0 amide bonds. The Morgan fingerprint density at radius 1 is 1.03 bits per heavy atom. The summed E-state index contributed by atoms with van der Waals surface area (Å²) in [5.41, 5.74) is 9.39. The molecule has 0 atom stereocenters. The molecule has 0 radical (unpaired) electrons. The molecule has 8 nitrogen and oxygen atoms in total. The largest absolute Gasteiger partial charge is 0.493 e. The Labute approximate surface area is 187 Å². The van der Waals surface area contributed by atoms with Gasteiger partial charge in [-0.3, -0.25) is 4.68 Å². The molecule has 0 aliphatic heterocycles. The van der Waals surface area contributed by atoms with Gasteiger partial charge >= 0.3 is 0 Å². The van der Waals surface area contributed by atoms with E-state index in [0.29, 0.717) is 23.2 Å². The van der Waals surface area contributed by atoms with Crippen LogP contribution in [0.2, 0.25) is 0 Å². The van der Waals surface area contributed by atoms with Crippen molar-refractivity contribution in [2.45, 2.75) is 37.8 Å². The molecule has 162 valence electrons. The number of furan rings is 1. The van der Waals surface area contributed by atoms with E-state index < -0.39 is 0 Å². The van der Waals surface area contributed by atoms with Crippen LogP contribution in [0.1, 0.15) is 31.7 Å². The number of thiophene rings is 1. The molecule has 0 aromatic carbocycles. The smallest absolute Gasteiger partial charge is 0.211 e. The van der Waals surface area contributed by atoms with E-state index in [1.165, 1.54) is 11.3 Å². The Kier molecular flexibility index (Phi) is 4.41. The lowest BCUT2D eigenvalue weighted by atomic mass is 9.93. The molecule has 5 aromatic rings. The predicted octanol–water partition coefficient (Wildman–Crippen LogP) is 4.73. The monoisotopic (exact) mass is 447 g/mol. The SMILES string of the molecule is Nc1ncc(-c2cnn([C@H]3CC[C@H](O)CC3)c2)c2cc(-c3csc4cnc(O)cc34)oc12. The van der Waals surface area contributed by atoms with Gasteiger partial charge in [-0.05, 0) is 31.7 Å². The number of nitrogens with two attached hydrogens (primary N) is 1. The highest BCUT2D eigenvalue weighted by Gasteiger charge is 2.23. The Balaban J connectivity index is 1.43. The van der Waals surface area contributed by atoms with Crippen LogP contribution < -0.4 is 5.73 Å². The summed E-state index contributed by atoms with van der Waals surface area (Å²) in [4.78, 5) is 8.31. The lowest BCUT2D eigenvalue weighted by Crippen LogP contribution is -2.21. The number of nitrogens with zero attached hydrogens (tertiary/aromatic N) is 4. The molecule has 32 heavy (non-hydrogen) atoms. The quantitative estimate of drug-likeness (QED) is 0.365. The summed E-state index contributed by atoms with van der Waals surface area (Å²) in [7, 11) is 0. The first-order valence-electron chi connectivity index (χ1n) is 10.5. The van der Waals surface area contributed by atoms with Crippen LogP contribution >= 0.6 is 11.3 Å². The first kappa shape index (κ1) is 19.3. The lowest BCUT2D eigenvalue weighted by Gasteiger charge is -2.25. The maximum Gasteiger partial charge on any atom is 0.211 e. The lowest BCUT2D eigenvalue weighted by molar-refractivity contribution is 0.108. The fourth-order valence-corrected chi connectivity index (χ4v) is 5.42. The zero-order chi connectivity index (χ0) is 21.8. The number of fused-ring (bicyclic) bond motifs is 2. The second-order valence-corrected chi connectivity index (χ2v) is 9.18. The van der Waals surface area contributed by atoms with Crippen molar-refractivity contribution in [1.82, 2.24) is 19.7 Å². The van der Waals surface area contributed by atoms with Gasteiger partial charge in [-0.25, -0.2) is 9.97 Å². The van der Waals surface area contributed by atoms with Crippen LogP contribution in [-0.4, -0.2) is 36.1 Å². The summed E-state index contributed by atoms with van der Waals surface area (Å²) in [5, 5.41) is 27.9. The summed E-state index contributed by atoms with van der Waals surface area (Å²) in [6.45, 7) is 0. The van der Waals surface area contributed by atoms with Crippen molar-refractivity contribution in [3.63, 3.8) is 0 Å². The van der Waals surface area contributed by atoms with Gasteiger partial charge in [-0.2, -0.15) is 5.10 Å². The highest BCUT2D eigenvalue weighted by molar-refractivity contribution is 7.17. The Bertz CT molecular complexity index is 1440. The molecular formula is C23H21N5O3S. The van der Waals surface area contributed by atoms with Gasteiger partial charge in [-0.15, -0.1) is 11.3 Å². The maximum absolute atomic E-state index is 9.83. The number of hydrogen-bond acceptors (Lipinski definition) is 8. The van der Waals surface area contributed by atoms with Crippen LogP contribution in [0.25, 0.3) is 43.5 Å². The molecule has 1 fully saturated rings. The fraction of sp³-hybridized carbons (Fsp3) is 0.261. The molecule has 0 unspecified atom stereocenters. The van der Waals surface area contributed by atoms with Crippen LogP contribution in [0.5, 0.6) is 5.88 Å². The molecule has 0 saturated heterocycles. The van der Waals surface area contributed by atoms with E-state index in [1.54, 1.807) is 18.5 Å². The number of rotatable bonds is 3. The molecule has 9 heteroatoms. The minimum Gasteiger partial charge on any atom is -0.493 e. The number of nitrogen functional groups attached to an aromatic ring is 1. The Hall–Kier alpha value is -3.43. The van der Waals surface area contributed by atoms with Gasteiger partial charge in [0.25, 0.3) is 0 Å². The number of aromatic nitrogens is 4. The van der Waals surface area contributed by atoms with Gasteiger partial charge in [0.05, 0.1) is 23.0 Å². The highest BCUT2D eigenvalue weighted by atomic mass is 32.1. The number of pyridine rings is 2. The molecule has 0 spiro atoms.